The van der Waals surface area contributed by atoms with Crippen molar-refractivity contribution >= 4 is 0 Å². The maximum atomic E-state index is 6.61. The Balaban J connectivity index is 1.29. The molecule has 42 heavy (non-hydrogen) atoms. The predicted octanol–water partition coefficient (Wildman–Crippen LogP) is 8.04. The summed E-state index contributed by atoms with van der Waals surface area (Å²) in [5, 5.41) is 0. The van der Waals surface area contributed by atoms with Crippen molar-refractivity contribution in [3.8, 4) is 17.1 Å². The van der Waals surface area contributed by atoms with Gasteiger partial charge in [-0.3, -0.25) is 0 Å². The van der Waals surface area contributed by atoms with Crippen LogP contribution in [0.25, 0.3) is 11.3 Å². The molecule has 0 fully saturated rings. The normalized spacial score (nSPS) is 18.0. The maximum Gasteiger partial charge on any atom is 0.188 e. The van der Waals surface area contributed by atoms with Crippen molar-refractivity contribution in [3.63, 3.8) is 0 Å². The topological polar surface area (TPSA) is 59.3 Å². The molecular formula is C36H34O6. The number of hydrogen-bond acceptors (Lipinski definition) is 6. The molecule has 0 saturated carbocycles. The largest absolute Gasteiger partial charge is 0.497 e. The average Bonchev–Trinajstić information content (AvgIpc) is 3.51. The lowest BCUT2D eigenvalue weighted by atomic mass is 10.0. The molecule has 5 aromatic rings. The zero-order valence-electron chi connectivity index (χ0n) is 23.6. The van der Waals surface area contributed by atoms with Crippen molar-refractivity contribution in [1.29, 1.82) is 0 Å². The van der Waals surface area contributed by atoms with Crippen LogP contribution in [-0.4, -0.2) is 19.8 Å². The fourth-order valence-corrected chi connectivity index (χ4v) is 5.00. The summed E-state index contributed by atoms with van der Waals surface area (Å²) in [4.78, 5) is 0. The van der Waals surface area contributed by atoms with Gasteiger partial charge in [0.05, 0.1) is 39.1 Å². The first-order valence-corrected chi connectivity index (χ1v) is 14.1. The lowest BCUT2D eigenvalue weighted by molar-refractivity contribution is -0.239. The number of fused-ring (bicyclic) bond motifs is 1. The van der Waals surface area contributed by atoms with Crippen LogP contribution < -0.4 is 4.74 Å². The number of methoxy groups -OCH3 is 1. The molecule has 0 bridgehead atoms. The second kappa shape index (κ2) is 13.6. The van der Waals surface area contributed by atoms with E-state index in [0.29, 0.717) is 32.2 Å². The van der Waals surface area contributed by atoms with E-state index in [1.165, 1.54) is 0 Å². The quantitative estimate of drug-likeness (QED) is 0.153. The van der Waals surface area contributed by atoms with Gasteiger partial charge in [-0.25, -0.2) is 0 Å². The minimum atomic E-state index is -0.662. The second-order valence-corrected chi connectivity index (χ2v) is 10.2. The van der Waals surface area contributed by atoms with Crippen LogP contribution in [0.15, 0.2) is 126 Å². The van der Waals surface area contributed by atoms with Gasteiger partial charge in [0, 0.05) is 5.56 Å². The smallest absolute Gasteiger partial charge is 0.188 e. The number of rotatable bonds is 12. The molecule has 6 heteroatoms. The molecule has 6 nitrogen and oxygen atoms in total. The zero-order valence-corrected chi connectivity index (χ0v) is 23.6. The van der Waals surface area contributed by atoms with Crippen LogP contribution in [0.2, 0.25) is 0 Å². The van der Waals surface area contributed by atoms with E-state index in [9.17, 15) is 0 Å². The minimum Gasteiger partial charge on any atom is -0.497 e. The van der Waals surface area contributed by atoms with E-state index >= 15 is 0 Å². The van der Waals surface area contributed by atoms with Crippen LogP contribution in [0.3, 0.4) is 0 Å². The van der Waals surface area contributed by atoms with Gasteiger partial charge in [0.25, 0.3) is 0 Å². The van der Waals surface area contributed by atoms with Crippen LogP contribution >= 0.6 is 0 Å². The molecule has 6 rings (SSSR count). The van der Waals surface area contributed by atoms with E-state index in [4.69, 9.17) is 28.1 Å². The third-order valence-corrected chi connectivity index (χ3v) is 7.22. The molecule has 1 aromatic heterocycles. The van der Waals surface area contributed by atoms with Gasteiger partial charge >= 0.3 is 0 Å². The predicted molar refractivity (Wildman–Crippen MR) is 160 cm³/mol. The lowest BCUT2D eigenvalue weighted by Gasteiger charge is -2.35. The molecule has 214 valence electrons. The van der Waals surface area contributed by atoms with Gasteiger partial charge in [-0.15, -0.1) is 0 Å². The van der Waals surface area contributed by atoms with Gasteiger partial charge in [0.1, 0.15) is 29.5 Å². The standard InChI is InChI=1S/C36H34O6/c1-37-30-19-17-28(18-20-30)24-40-36-31-21-32(29-15-9-4-10-16-29)41-34(31)35(39-23-27-13-7-3-8-14-27)33(42-36)25-38-22-26-11-5-2-6-12-26/h2-21,33,35-36H,22-25H2,1H3/t33-,35+,36+/m1/s1. The number of furan rings is 1. The third kappa shape index (κ3) is 6.81. The van der Waals surface area contributed by atoms with Gasteiger partial charge in [0.15, 0.2) is 6.29 Å². The van der Waals surface area contributed by atoms with Gasteiger partial charge in [-0.05, 0) is 34.9 Å². The Hall–Kier alpha value is -4.20. The fourth-order valence-electron chi connectivity index (χ4n) is 5.00. The first-order valence-electron chi connectivity index (χ1n) is 14.1. The fraction of sp³-hybridized carbons (Fsp3) is 0.222. The van der Waals surface area contributed by atoms with Gasteiger partial charge in [-0.2, -0.15) is 0 Å². The second-order valence-electron chi connectivity index (χ2n) is 10.2. The molecule has 0 spiro atoms. The van der Waals surface area contributed by atoms with Crippen molar-refractivity contribution in [2.45, 2.75) is 38.3 Å². The Morgan fingerprint density at radius 3 is 1.90 bits per heavy atom. The molecule has 0 amide bonds. The summed E-state index contributed by atoms with van der Waals surface area (Å²) in [6.45, 7) is 1.52. The van der Waals surface area contributed by atoms with Crippen LogP contribution in [0, 0.1) is 0 Å². The first-order chi connectivity index (χ1) is 20.8. The molecular weight excluding hydrogens is 528 g/mol. The summed E-state index contributed by atoms with van der Waals surface area (Å²) < 4.78 is 37.5. The number of benzene rings is 4. The van der Waals surface area contributed by atoms with Gasteiger partial charge in [0.2, 0.25) is 0 Å². The van der Waals surface area contributed by atoms with E-state index in [1.54, 1.807) is 7.11 Å². The lowest BCUT2D eigenvalue weighted by Crippen LogP contribution is -2.36. The molecule has 0 radical (unpaired) electrons. The van der Waals surface area contributed by atoms with Crippen LogP contribution in [0.1, 0.15) is 40.4 Å². The van der Waals surface area contributed by atoms with E-state index in [0.717, 1.165) is 39.3 Å². The highest BCUT2D eigenvalue weighted by molar-refractivity contribution is 5.59. The zero-order chi connectivity index (χ0) is 28.6. The molecule has 2 heterocycles. The van der Waals surface area contributed by atoms with Crippen molar-refractivity contribution in [2.24, 2.45) is 0 Å². The molecule has 3 atom stereocenters. The summed E-state index contributed by atoms with van der Waals surface area (Å²) in [7, 11) is 1.66. The molecule has 1 aliphatic rings. The SMILES string of the molecule is COc1ccc(CO[C@H]2O[C@H](COCc3ccccc3)[C@H](OCc3ccccc3)c3oc(-c4ccccc4)cc32)cc1. The highest BCUT2D eigenvalue weighted by Crippen LogP contribution is 2.44. The van der Waals surface area contributed by atoms with E-state index in [1.807, 2.05) is 121 Å². The molecule has 1 aliphatic heterocycles. The highest BCUT2D eigenvalue weighted by atomic mass is 16.7. The van der Waals surface area contributed by atoms with Crippen LogP contribution in [-0.2, 0) is 38.8 Å². The summed E-state index contributed by atoms with van der Waals surface area (Å²) in [5.41, 5.74) is 4.95. The Morgan fingerprint density at radius 1 is 0.643 bits per heavy atom. The number of hydrogen-bond donors (Lipinski definition) is 0. The molecule has 4 aromatic carbocycles. The summed E-state index contributed by atoms with van der Waals surface area (Å²) >= 11 is 0. The Labute approximate surface area is 246 Å². The average molecular weight is 563 g/mol. The molecule has 0 unspecified atom stereocenters. The monoisotopic (exact) mass is 562 g/mol. The third-order valence-electron chi connectivity index (χ3n) is 7.22. The summed E-state index contributed by atoms with van der Waals surface area (Å²) in [6, 6.07) is 40.0. The Morgan fingerprint density at radius 2 is 1.24 bits per heavy atom. The van der Waals surface area contributed by atoms with Gasteiger partial charge in [-0.1, -0.05) is 103 Å². The minimum absolute atomic E-state index is 0.303. The van der Waals surface area contributed by atoms with Crippen molar-refractivity contribution in [2.75, 3.05) is 13.7 Å². The first kappa shape index (κ1) is 27.9. The Bertz CT molecular complexity index is 1520. The summed E-state index contributed by atoms with van der Waals surface area (Å²) in [5.74, 6) is 2.23. The van der Waals surface area contributed by atoms with E-state index in [2.05, 4.69) is 0 Å². The maximum absolute atomic E-state index is 6.61. The van der Waals surface area contributed by atoms with Crippen molar-refractivity contribution in [3.05, 3.63) is 149 Å². The Kier molecular flexibility index (Phi) is 9.08. The van der Waals surface area contributed by atoms with Gasteiger partial charge < -0.3 is 28.1 Å². The molecule has 0 saturated heterocycles. The van der Waals surface area contributed by atoms with Crippen molar-refractivity contribution in [1.82, 2.24) is 0 Å². The van der Waals surface area contributed by atoms with Crippen molar-refractivity contribution < 1.29 is 28.1 Å². The number of ether oxygens (including phenoxy) is 5. The summed E-state index contributed by atoms with van der Waals surface area (Å²) in [6.07, 6.45) is -1.61. The van der Waals surface area contributed by atoms with E-state index in [-0.39, 0.29) is 0 Å². The molecule has 0 N–H and O–H groups in total. The van der Waals surface area contributed by atoms with Crippen LogP contribution in [0.4, 0.5) is 0 Å². The van der Waals surface area contributed by atoms with E-state index < -0.39 is 18.5 Å². The highest BCUT2D eigenvalue weighted by Gasteiger charge is 2.41. The molecule has 0 aliphatic carbocycles. The van der Waals surface area contributed by atoms with Crippen LogP contribution in [0.5, 0.6) is 5.75 Å².